The third kappa shape index (κ3) is 6.84. The predicted molar refractivity (Wildman–Crippen MR) is 157 cm³/mol. The lowest BCUT2D eigenvalue weighted by Gasteiger charge is -2.15. The summed E-state index contributed by atoms with van der Waals surface area (Å²) < 4.78 is 24.2. The van der Waals surface area contributed by atoms with E-state index in [2.05, 4.69) is 72.1 Å². The van der Waals surface area contributed by atoms with Gasteiger partial charge in [0.1, 0.15) is 9.84 Å². The molecule has 188 valence electrons. The molecule has 1 atom stereocenters. The van der Waals surface area contributed by atoms with E-state index in [1.54, 1.807) is 13.1 Å². The Balaban J connectivity index is 1.69. The Labute approximate surface area is 220 Å². The maximum absolute atomic E-state index is 12.1. The molecule has 0 saturated carbocycles. The van der Waals surface area contributed by atoms with Crippen molar-refractivity contribution in [2.75, 3.05) is 12.0 Å². The second kappa shape index (κ2) is 10.9. The highest BCUT2D eigenvalue weighted by Gasteiger charge is 2.17. The number of rotatable bonds is 9. The molecule has 2 aromatic carbocycles. The molecule has 4 aromatic rings. The fourth-order valence-corrected chi connectivity index (χ4v) is 8.01. The van der Waals surface area contributed by atoms with Crippen LogP contribution in [0.2, 0.25) is 25.7 Å². The maximum Gasteiger partial charge on any atom is 0.150 e. The third-order valence-corrected chi connectivity index (χ3v) is 11.1. The summed E-state index contributed by atoms with van der Waals surface area (Å²) >= 11 is 1.88. The van der Waals surface area contributed by atoms with Crippen LogP contribution < -0.4 is 0 Å². The van der Waals surface area contributed by atoms with Gasteiger partial charge in [0, 0.05) is 54.3 Å². The van der Waals surface area contributed by atoms with Gasteiger partial charge in [0.15, 0.2) is 0 Å². The van der Waals surface area contributed by atoms with Crippen LogP contribution in [0.1, 0.15) is 12.5 Å². The molecule has 36 heavy (non-hydrogen) atoms. The molecule has 0 radical (unpaired) electrons. The van der Waals surface area contributed by atoms with E-state index in [0.29, 0.717) is 6.42 Å². The van der Waals surface area contributed by atoms with Gasteiger partial charge in [-0.3, -0.25) is 9.97 Å². The molecular weight excluding hydrogens is 501 g/mol. The molecule has 2 heterocycles. The van der Waals surface area contributed by atoms with Crippen molar-refractivity contribution in [3.63, 3.8) is 0 Å². The van der Waals surface area contributed by atoms with Crippen molar-refractivity contribution < 1.29 is 8.42 Å². The zero-order valence-corrected chi connectivity index (χ0v) is 24.3. The van der Waals surface area contributed by atoms with Crippen molar-refractivity contribution >= 4 is 40.6 Å². The van der Waals surface area contributed by atoms with Crippen molar-refractivity contribution in [1.29, 1.82) is 0 Å². The molecule has 0 spiro atoms. The van der Waals surface area contributed by atoms with Crippen molar-refractivity contribution in [2.45, 2.75) is 49.2 Å². The Morgan fingerprint density at radius 2 is 1.72 bits per heavy atom. The molecule has 0 bridgehead atoms. The van der Waals surface area contributed by atoms with Crippen LogP contribution in [0.3, 0.4) is 0 Å². The molecule has 1 unspecified atom stereocenters. The zero-order chi connectivity index (χ0) is 25.9. The molecule has 0 aliphatic rings. The first-order chi connectivity index (χ1) is 17.0. The van der Waals surface area contributed by atoms with Crippen LogP contribution in [0.5, 0.6) is 0 Å². The van der Waals surface area contributed by atoms with E-state index < -0.39 is 23.2 Å². The Bertz CT molecular complexity index is 1480. The van der Waals surface area contributed by atoms with Gasteiger partial charge in [0.2, 0.25) is 0 Å². The topological polar surface area (TPSA) is 59.9 Å². The van der Waals surface area contributed by atoms with Gasteiger partial charge in [-0.2, -0.15) is 0 Å². The second-order valence-corrected chi connectivity index (χ2v) is 20.0. The molecule has 2 aromatic heterocycles. The van der Waals surface area contributed by atoms with Crippen molar-refractivity contribution in [1.82, 2.24) is 9.97 Å². The third-order valence-electron chi connectivity index (χ3n) is 6.36. The van der Waals surface area contributed by atoms with Crippen LogP contribution in [0, 0.1) is 0 Å². The largest absolute Gasteiger partial charge is 0.263 e. The fourth-order valence-electron chi connectivity index (χ4n) is 4.07. The zero-order valence-electron chi connectivity index (χ0n) is 21.7. The van der Waals surface area contributed by atoms with E-state index in [9.17, 15) is 8.42 Å². The van der Waals surface area contributed by atoms with Gasteiger partial charge in [-0.05, 0) is 72.2 Å². The maximum atomic E-state index is 12.1. The number of fused-ring (bicyclic) bond motifs is 1. The summed E-state index contributed by atoms with van der Waals surface area (Å²) in [6.07, 6.45) is 7.45. The average molecular weight is 535 g/mol. The molecule has 0 aliphatic carbocycles. The van der Waals surface area contributed by atoms with Crippen LogP contribution >= 0.6 is 11.8 Å². The number of nitrogens with zero attached hydrogens (tertiary/aromatic N) is 2. The van der Waals surface area contributed by atoms with Crippen LogP contribution in [0.4, 0.5) is 0 Å². The van der Waals surface area contributed by atoms with Gasteiger partial charge in [0.05, 0.1) is 10.8 Å². The lowest BCUT2D eigenvalue weighted by atomic mass is 9.95. The minimum Gasteiger partial charge on any atom is -0.263 e. The summed E-state index contributed by atoms with van der Waals surface area (Å²) in [5, 5.41) is 0.566. The number of hydrogen-bond donors (Lipinski definition) is 0. The minimum atomic E-state index is -3.12. The molecular formula is C29H34N2O2S2Si. The number of sulfone groups is 1. The van der Waals surface area contributed by atoms with E-state index in [1.807, 2.05) is 36.3 Å². The van der Waals surface area contributed by atoms with E-state index in [-0.39, 0.29) is 0 Å². The quantitative estimate of drug-likeness (QED) is 0.166. The average Bonchev–Trinajstić information content (AvgIpc) is 2.82. The number of pyridine rings is 2. The Hall–Kier alpha value is -2.48. The summed E-state index contributed by atoms with van der Waals surface area (Å²) in [6, 6.07) is 20.1. The predicted octanol–water partition coefficient (Wildman–Crippen LogP) is 7.37. The summed E-state index contributed by atoms with van der Waals surface area (Å²) in [7, 11) is -4.18. The van der Waals surface area contributed by atoms with Gasteiger partial charge >= 0.3 is 0 Å². The second-order valence-electron chi connectivity index (χ2n) is 10.7. The number of thioether (sulfide) groups is 1. The normalized spacial score (nSPS) is 13.1. The Kier molecular flexibility index (Phi) is 8.02. The van der Waals surface area contributed by atoms with Crippen LogP contribution in [-0.2, 0) is 16.3 Å². The molecule has 0 amide bonds. The van der Waals surface area contributed by atoms with Gasteiger partial charge in [0.25, 0.3) is 0 Å². The molecule has 4 nitrogen and oxygen atoms in total. The molecule has 0 N–H and O–H groups in total. The number of benzene rings is 2. The first kappa shape index (κ1) is 26.6. The van der Waals surface area contributed by atoms with Crippen molar-refractivity contribution in [2.24, 2.45) is 0 Å². The van der Waals surface area contributed by atoms with Crippen LogP contribution in [0.15, 0.2) is 78.1 Å². The molecule has 0 fully saturated rings. The monoisotopic (exact) mass is 534 g/mol. The molecule has 4 rings (SSSR count). The van der Waals surface area contributed by atoms with Gasteiger partial charge in [-0.25, -0.2) is 8.42 Å². The SMILES string of the molecule is CC(Cc1cc(-c2cccc(-c3cncc(SCC[Si](C)(C)C)c3)c2)c2ncccc2c1)S(C)(=O)=O. The summed E-state index contributed by atoms with van der Waals surface area (Å²) in [5.74, 6) is 1.12. The smallest absolute Gasteiger partial charge is 0.150 e. The fraction of sp³-hybridized carbons (Fsp3) is 0.310. The van der Waals surface area contributed by atoms with Gasteiger partial charge < -0.3 is 0 Å². The molecule has 7 heteroatoms. The van der Waals surface area contributed by atoms with E-state index in [1.165, 1.54) is 17.2 Å². The highest BCUT2D eigenvalue weighted by Crippen LogP contribution is 2.33. The van der Waals surface area contributed by atoms with Crippen LogP contribution in [0.25, 0.3) is 33.2 Å². The Morgan fingerprint density at radius 1 is 0.944 bits per heavy atom. The summed E-state index contributed by atoms with van der Waals surface area (Å²) in [5.41, 5.74) is 6.18. The van der Waals surface area contributed by atoms with Gasteiger partial charge in [-0.1, -0.05) is 43.9 Å². The lowest BCUT2D eigenvalue weighted by Crippen LogP contribution is -2.19. The van der Waals surface area contributed by atoms with E-state index in [4.69, 9.17) is 0 Å². The first-order valence-electron chi connectivity index (χ1n) is 12.2. The van der Waals surface area contributed by atoms with Crippen molar-refractivity contribution in [3.8, 4) is 22.3 Å². The van der Waals surface area contributed by atoms with Crippen LogP contribution in [-0.4, -0.2) is 43.7 Å². The number of aromatic nitrogens is 2. The first-order valence-corrected chi connectivity index (χ1v) is 18.9. The van der Waals surface area contributed by atoms with E-state index >= 15 is 0 Å². The summed E-state index contributed by atoms with van der Waals surface area (Å²) in [6.45, 7) is 8.99. The molecule has 0 saturated heterocycles. The van der Waals surface area contributed by atoms with Crippen molar-refractivity contribution in [3.05, 3.63) is 78.8 Å². The summed E-state index contributed by atoms with van der Waals surface area (Å²) in [4.78, 5) is 10.4. The highest BCUT2D eigenvalue weighted by molar-refractivity contribution is 7.99. The standard InChI is InChI=1S/C29H34N2O2S2Si/c1-21(35(2,32)33)14-22-15-25-10-7-11-31-29(25)28(16-22)24-9-6-8-23(17-24)26-18-27(20-30-19-26)34-12-13-36(3,4)5/h6-11,15-21H,12-14H2,1-5H3. The lowest BCUT2D eigenvalue weighted by molar-refractivity contribution is 0.588. The number of hydrogen-bond acceptors (Lipinski definition) is 5. The Morgan fingerprint density at radius 3 is 2.47 bits per heavy atom. The van der Waals surface area contributed by atoms with E-state index in [0.717, 1.165) is 44.5 Å². The van der Waals surface area contributed by atoms with Gasteiger partial charge in [-0.15, -0.1) is 11.8 Å². The minimum absolute atomic E-state index is 0.446. The highest BCUT2D eigenvalue weighted by atomic mass is 32.2. The molecule has 0 aliphatic heterocycles.